The smallest absolute Gasteiger partial charge is 0.290 e. The van der Waals surface area contributed by atoms with E-state index in [1.54, 1.807) is 10.6 Å². The van der Waals surface area contributed by atoms with E-state index in [0.29, 0.717) is 13.2 Å². The number of amides is 2. The molecule has 8 heteroatoms. The lowest BCUT2D eigenvalue weighted by molar-refractivity contribution is -0.115. The average Bonchev–Trinajstić information content (AvgIpc) is 2.93. The van der Waals surface area contributed by atoms with Crippen molar-refractivity contribution in [3.05, 3.63) is 69.8 Å². The number of carbonyl (C=O) groups excluding carboxylic acids is 2. The summed E-state index contributed by atoms with van der Waals surface area (Å²) in [5.41, 5.74) is 0.753. The summed E-state index contributed by atoms with van der Waals surface area (Å²) >= 11 is 0.834. The molecule has 2 heterocycles. The number of nitrogens with zero attached hydrogens (tertiary/aromatic N) is 2. The number of benzene rings is 1. The number of thioether (sulfide) groups is 1. The molecule has 142 valence electrons. The van der Waals surface area contributed by atoms with Crippen LogP contribution in [0.25, 0.3) is 0 Å². The standard InChI is InChI=1S/C15H18N2O2.C4H3NO2S/c1-3-14-16-12(2)11-15(18)17(14)9-10-19-13-7-5-4-6-8-13;1-2-3(6)5-4(7)8-2/h4-8,11H,3,9-10H2,1-2H3;1H2,(H,5,6,7). The van der Waals surface area contributed by atoms with Gasteiger partial charge in [-0.15, -0.1) is 0 Å². The first-order chi connectivity index (χ1) is 12.9. The van der Waals surface area contributed by atoms with Gasteiger partial charge in [0, 0.05) is 18.2 Å². The monoisotopic (exact) mass is 387 g/mol. The number of ether oxygens (including phenoxy) is 1. The molecule has 3 rings (SSSR count). The van der Waals surface area contributed by atoms with E-state index in [9.17, 15) is 14.4 Å². The summed E-state index contributed by atoms with van der Waals surface area (Å²) in [7, 11) is 0. The molecule has 2 aromatic rings. The highest BCUT2D eigenvalue weighted by atomic mass is 32.2. The van der Waals surface area contributed by atoms with Crippen molar-refractivity contribution < 1.29 is 14.3 Å². The highest BCUT2D eigenvalue weighted by Crippen LogP contribution is 2.19. The van der Waals surface area contributed by atoms with Gasteiger partial charge in [-0.2, -0.15) is 0 Å². The quantitative estimate of drug-likeness (QED) is 0.794. The molecule has 27 heavy (non-hydrogen) atoms. The molecule has 1 N–H and O–H groups in total. The molecule has 1 aromatic heterocycles. The van der Waals surface area contributed by atoms with E-state index in [1.165, 1.54) is 0 Å². The van der Waals surface area contributed by atoms with Gasteiger partial charge < -0.3 is 4.74 Å². The van der Waals surface area contributed by atoms with E-state index < -0.39 is 0 Å². The molecule has 1 aliphatic heterocycles. The minimum absolute atomic E-state index is 0.0130. The van der Waals surface area contributed by atoms with Crippen molar-refractivity contribution in [2.75, 3.05) is 6.61 Å². The first-order valence-electron chi connectivity index (χ1n) is 8.38. The molecular weight excluding hydrogens is 366 g/mol. The normalized spacial score (nSPS) is 13.0. The van der Waals surface area contributed by atoms with Crippen molar-refractivity contribution >= 4 is 22.9 Å². The summed E-state index contributed by atoms with van der Waals surface area (Å²) in [6.45, 7) is 8.13. The maximum Gasteiger partial charge on any atom is 0.290 e. The summed E-state index contributed by atoms with van der Waals surface area (Å²) in [5, 5.41) is 1.72. The highest BCUT2D eigenvalue weighted by Gasteiger charge is 2.22. The van der Waals surface area contributed by atoms with Gasteiger partial charge in [0.25, 0.3) is 16.7 Å². The zero-order valence-electron chi connectivity index (χ0n) is 15.2. The molecule has 2 amide bonds. The van der Waals surface area contributed by atoms with Gasteiger partial charge in [-0.25, -0.2) is 4.98 Å². The molecule has 0 atom stereocenters. The average molecular weight is 387 g/mol. The van der Waals surface area contributed by atoms with Crippen molar-refractivity contribution in [1.82, 2.24) is 14.9 Å². The number of rotatable bonds is 5. The van der Waals surface area contributed by atoms with Crippen molar-refractivity contribution in [2.45, 2.75) is 26.8 Å². The predicted molar refractivity (Wildman–Crippen MR) is 105 cm³/mol. The summed E-state index contributed by atoms with van der Waals surface area (Å²) in [4.78, 5) is 37.2. The third-order valence-corrected chi connectivity index (χ3v) is 4.26. The second kappa shape index (κ2) is 9.72. The zero-order chi connectivity index (χ0) is 19.8. The van der Waals surface area contributed by atoms with Crippen molar-refractivity contribution in [3.8, 4) is 5.75 Å². The Bertz CT molecular complexity index is 876. The second-order valence-corrected chi connectivity index (χ2v) is 6.65. The second-order valence-electron chi connectivity index (χ2n) is 5.59. The molecule has 1 saturated heterocycles. The van der Waals surface area contributed by atoms with Gasteiger partial charge in [-0.05, 0) is 30.8 Å². The fourth-order valence-corrected chi connectivity index (χ4v) is 2.82. The summed E-state index contributed by atoms with van der Waals surface area (Å²) in [6, 6.07) is 11.1. The molecular formula is C19H21N3O4S. The first kappa shape index (κ1) is 20.4. The fourth-order valence-electron chi connectivity index (χ4n) is 2.31. The molecule has 7 nitrogen and oxygen atoms in total. The SMILES string of the molecule is C=C1SC(=O)NC1=O.CCc1nc(C)cc(=O)n1CCOc1ccccc1. The van der Waals surface area contributed by atoms with Gasteiger partial charge in [0.05, 0.1) is 11.4 Å². The van der Waals surface area contributed by atoms with Crippen molar-refractivity contribution in [1.29, 1.82) is 0 Å². The molecule has 0 unspecified atom stereocenters. The largest absolute Gasteiger partial charge is 0.492 e. The van der Waals surface area contributed by atoms with E-state index in [0.717, 1.165) is 35.5 Å². The molecule has 0 radical (unpaired) electrons. The van der Waals surface area contributed by atoms with Crippen LogP contribution in [-0.2, 0) is 17.8 Å². The topological polar surface area (TPSA) is 90.3 Å². The highest BCUT2D eigenvalue weighted by molar-refractivity contribution is 8.18. The Kier molecular flexibility index (Phi) is 7.36. The lowest BCUT2D eigenvalue weighted by atomic mass is 10.3. The first-order valence-corrected chi connectivity index (χ1v) is 9.19. The molecule has 0 aliphatic carbocycles. The van der Waals surface area contributed by atoms with Crippen LogP contribution in [0.2, 0.25) is 0 Å². The maximum absolute atomic E-state index is 11.9. The van der Waals surface area contributed by atoms with Crippen LogP contribution in [0.5, 0.6) is 5.75 Å². The molecule has 1 aliphatic rings. The van der Waals surface area contributed by atoms with E-state index in [4.69, 9.17) is 4.74 Å². The van der Waals surface area contributed by atoms with Crippen LogP contribution in [0.4, 0.5) is 4.79 Å². The fraction of sp³-hybridized carbons (Fsp3) is 0.263. The van der Waals surface area contributed by atoms with Gasteiger partial charge in [0.2, 0.25) is 0 Å². The minimum atomic E-state index is -0.375. The Hall–Kier alpha value is -2.87. The number of para-hydroxylation sites is 1. The number of hydrogen-bond donors (Lipinski definition) is 1. The van der Waals surface area contributed by atoms with E-state index in [2.05, 4.69) is 16.9 Å². The van der Waals surface area contributed by atoms with Gasteiger partial charge in [-0.1, -0.05) is 31.7 Å². The van der Waals surface area contributed by atoms with Crippen LogP contribution in [-0.4, -0.2) is 27.3 Å². The molecule has 0 spiro atoms. The summed E-state index contributed by atoms with van der Waals surface area (Å²) in [5.74, 6) is 1.25. The van der Waals surface area contributed by atoms with Crippen LogP contribution in [0.3, 0.4) is 0 Å². The van der Waals surface area contributed by atoms with Crippen LogP contribution >= 0.6 is 11.8 Å². The molecule has 1 fully saturated rings. The Morgan fingerprint density at radius 3 is 2.44 bits per heavy atom. The van der Waals surface area contributed by atoms with Crippen LogP contribution < -0.4 is 15.6 Å². The predicted octanol–water partition coefficient (Wildman–Crippen LogP) is 2.68. The Labute approximate surface area is 161 Å². The molecule has 1 aromatic carbocycles. The van der Waals surface area contributed by atoms with Crippen LogP contribution in [0.1, 0.15) is 18.4 Å². The van der Waals surface area contributed by atoms with Crippen molar-refractivity contribution in [2.24, 2.45) is 0 Å². The molecule has 0 bridgehead atoms. The summed E-state index contributed by atoms with van der Waals surface area (Å²) in [6.07, 6.45) is 0.738. The Morgan fingerprint density at radius 2 is 1.93 bits per heavy atom. The van der Waals surface area contributed by atoms with Gasteiger partial charge in [0.15, 0.2) is 0 Å². The molecule has 0 saturated carbocycles. The number of imide groups is 1. The number of aromatic nitrogens is 2. The number of nitrogens with one attached hydrogen (secondary N) is 1. The van der Waals surface area contributed by atoms with Gasteiger partial charge >= 0.3 is 0 Å². The van der Waals surface area contributed by atoms with E-state index in [1.807, 2.05) is 44.2 Å². The zero-order valence-corrected chi connectivity index (χ0v) is 16.0. The number of aryl methyl sites for hydroxylation is 2. The number of hydrogen-bond acceptors (Lipinski definition) is 6. The van der Waals surface area contributed by atoms with E-state index >= 15 is 0 Å². The third-order valence-electron chi connectivity index (χ3n) is 3.54. The van der Waals surface area contributed by atoms with Crippen LogP contribution in [0.15, 0.2) is 52.7 Å². The van der Waals surface area contributed by atoms with Gasteiger partial charge in [-0.3, -0.25) is 24.3 Å². The van der Waals surface area contributed by atoms with Crippen molar-refractivity contribution in [3.63, 3.8) is 0 Å². The van der Waals surface area contributed by atoms with Crippen LogP contribution in [0, 0.1) is 6.92 Å². The minimum Gasteiger partial charge on any atom is -0.492 e. The third kappa shape index (κ3) is 6.10. The number of carbonyl (C=O) groups is 2. The lowest BCUT2D eigenvalue weighted by Crippen LogP contribution is -2.27. The maximum atomic E-state index is 11.9. The van der Waals surface area contributed by atoms with Gasteiger partial charge in [0.1, 0.15) is 18.2 Å². The summed E-state index contributed by atoms with van der Waals surface area (Å²) < 4.78 is 7.28. The lowest BCUT2D eigenvalue weighted by Gasteiger charge is -2.12. The Morgan fingerprint density at radius 1 is 1.22 bits per heavy atom. The Balaban J connectivity index is 0.000000273. The van der Waals surface area contributed by atoms with E-state index in [-0.39, 0.29) is 21.6 Å².